The Morgan fingerprint density at radius 1 is 0.935 bits per heavy atom. The van der Waals surface area contributed by atoms with E-state index in [4.69, 9.17) is 4.74 Å². The molecule has 2 aromatic carbocycles. The Morgan fingerprint density at radius 2 is 1.55 bits per heavy atom. The molecular weight excluding hydrogens is 396 g/mol. The Hall–Kier alpha value is -3.23. The van der Waals surface area contributed by atoms with Crippen LogP contribution in [0.15, 0.2) is 48.5 Å². The lowest BCUT2D eigenvalue weighted by molar-refractivity contribution is -0.119. The molecule has 1 aliphatic heterocycles. The minimum atomic E-state index is -0.293. The number of nitrogens with one attached hydrogen (secondary N) is 2. The summed E-state index contributed by atoms with van der Waals surface area (Å²) >= 11 is 0. The minimum absolute atomic E-state index is 0.0234. The highest BCUT2D eigenvalue weighted by atomic mass is 16.5. The van der Waals surface area contributed by atoms with Gasteiger partial charge in [-0.05, 0) is 50.4 Å². The molecule has 1 heterocycles. The van der Waals surface area contributed by atoms with E-state index in [9.17, 15) is 14.4 Å². The van der Waals surface area contributed by atoms with Gasteiger partial charge in [0.15, 0.2) is 5.78 Å². The van der Waals surface area contributed by atoms with Crippen LogP contribution < -0.4 is 15.5 Å². The van der Waals surface area contributed by atoms with Gasteiger partial charge in [-0.15, -0.1) is 0 Å². The molecule has 31 heavy (non-hydrogen) atoms. The molecule has 0 atom stereocenters. The number of amides is 2. The average molecular weight is 425 g/mol. The first-order valence-electron chi connectivity index (χ1n) is 10.2. The second-order valence-corrected chi connectivity index (χ2v) is 7.52. The van der Waals surface area contributed by atoms with Gasteiger partial charge in [-0.3, -0.25) is 19.3 Å². The van der Waals surface area contributed by atoms with Crippen LogP contribution in [0.5, 0.6) is 0 Å². The number of para-hydroxylation sites is 1. The third kappa shape index (κ3) is 6.63. The number of hydrogen-bond donors (Lipinski definition) is 2. The molecule has 1 aliphatic rings. The van der Waals surface area contributed by atoms with Gasteiger partial charge in [0.1, 0.15) is 0 Å². The molecule has 8 nitrogen and oxygen atoms in total. The number of ketones is 1. The van der Waals surface area contributed by atoms with Gasteiger partial charge in [0.05, 0.1) is 32.0 Å². The van der Waals surface area contributed by atoms with Crippen LogP contribution in [0.3, 0.4) is 0 Å². The molecule has 0 bridgehead atoms. The summed E-state index contributed by atoms with van der Waals surface area (Å²) in [7, 11) is 1.69. The second-order valence-electron chi connectivity index (χ2n) is 7.52. The highest BCUT2D eigenvalue weighted by Gasteiger charge is 2.14. The number of nitrogens with zero attached hydrogens (tertiary/aromatic N) is 2. The smallest absolute Gasteiger partial charge is 0.238 e. The Kier molecular flexibility index (Phi) is 7.75. The van der Waals surface area contributed by atoms with Crippen molar-refractivity contribution in [3.8, 4) is 0 Å². The topological polar surface area (TPSA) is 91.0 Å². The van der Waals surface area contributed by atoms with Crippen molar-refractivity contribution >= 4 is 34.7 Å². The first kappa shape index (κ1) is 22.5. The van der Waals surface area contributed by atoms with E-state index >= 15 is 0 Å². The summed E-state index contributed by atoms with van der Waals surface area (Å²) < 4.78 is 5.36. The van der Waals surface area contributed by atoms with Crippen LogP contribution >= 0.6 is 0 Å². The predicted molar refractivity (Wildman–Crippen MR) is 121 cm³/mol. The van der Waals surface area contributed by atoms with Crippen LogP contribution in [-0.4, -0.2) is 68.9 Å². The number of Topliss-reactive ketones (excluding diaryl/α,β-unsaturated/α-hetero) is 1. The zero-order valence-corrected chi connectivity index (χ0v) is 17.9. The number of carbonyl (C=O) groups excluding carboxylic acids is 3. The van der Waals surface area contributed by atoms with Crippen molar-refractivity contribution in [3.63, 3.8) is 0 Å². The molecule has 0 aromatic heterocycles. The molecule has 3 rings (SSSR count). The molecule has 1 saturated heterocycles. The third-order valence-electron chi connectivity index (χ3n) is 4.93. The van der Waals surface area contributed by atoms with Crippen molar-refractivity contribution in [2.45, 2.75) is 6.92 Å². The van der Waals surface area contributed by atoms with E-state index in [1.807, 2.05) is 24.3 Å². The molecule has 0 radical (unpaired) electrons. The maximum Gasteiger partial charge on any atom is 0.238 e. The van der Waals surface area contributed by atoms with Gasteiger partial charge in [0.25, 0.3) is 0 Å². The maximum atomic E-state index is 12.3. The van der Waals surface area contributed by atoms with Crippen molar-refractivity contribution in [1.82, 2.24) is 4.90 Å². The fourth-order valence-electron chi connectivity index (χ4n) is 3.41. The monoisotopic (exact) mass is 424 g/mol. The van der Waals surface area contributed by atoms with E-state index in [1.165, 1.54) is 6.92 Å². The molecule has 0 aliphatic carbocycles. The number of benzene rings is 2. The van der Waals surface area contributed by atoms with Crippen molar-refractivity contribution < 1.29 is 19.1 Å². The van der Waals surface area contributed by atoms with E-state index in [0.717, 1.165) is 32.0 Å². The zero-order valence-electron chi connectivity index (χ0n) is 17.9. The third-order valence-corrected chi connectivity index (χ3v) is 4.93. The van der Waals surface area contributed by atoms with Crippen LogP contribution in [0.4, 0.5) is 17.1 Å². The molecule has 2 amide bonds. The van der Waals surface area contributed by atoms with Crippen molar-refractivity contribution in [3.05, 3.63) is 54.1 Å². The van der Waals surface area contributed by atoms with Crippen LogP contribution in [-0.2, 0) is 14.3 Å². The molecule has 2 aromatic rings. The minimum Gasteiger partial charge on any atom is -0.378 e. The summed E-state index contributed by atoms with van der Waals surface area (Å²) in [6.45, 7) is 4.69. The summed E-state index contributed by atoms with van der Waals surface area (Å²) in [4.78, 5) is 40.2. The summed E-state index contributed by atoms with van der Waals surface area (Å²) in [5.74, 6) is -0.624. The fraction of sp³-hybridized carbons (Fsp3) is 0.348. The Balaban J connectivity index is 1.47. The highest BCUT2D eigenvalue weighted by Crippen LogP contribution is 2.19. The van der Waals surface area contributed by atoms with E-state index in [1.54, 1.807) is 36.2 Å². The lowest BCUT2D eigenvalue weighted by atomic mass is 10.1. The van der Waals surface area contributed by atoms with Gasteiger partial charge in [0, 0.05) is 30.0 Å². The second kappa shape index (κ2) is 10.7. The predicted octanol–water partition coefficient (Wildman–Crippen LogP) is 2.23. The van der Waals surface area contributed by atoms with Gasteiger partial charge in [0.2, 0.25) is 11.8 Å². The molecule has 8 heteroatoms. The van der Waals surface area contributed by atoms with E-state index in [2.05, 4.69) is 15.5 Å². The zero-order chi connectivity index (χ0) is 22.2. The molecule has 164 valence electrons. The van der Waals surface area contributed by atoms with E-state index in [0.29, 0.717) is 16.9 Å². The van der Waals surface area contributed by atoms with E-state index < -0.39 is 0 Å². The molecule has 2 N–H and O–H groups in total. The van der Waals surface area contributed by atoms with Crippen molar-refractivity contribution in [1.29, 1.82) is 0 Å². The van der Waals surface area contributed by atoms with Gasteiger partial charge >= 0.3 is 0 Å². The van der Waals surface area contributed by atoms with Gasteiger partial charge < -0.3 is 20.3 Å². The SMILES string of the molecule is CC(=O)c1ccccc1NC(=O)CN(C)CC(=O)Nc1ccc(N2CCOCC2)cc1. The summed E-state index contributed by atoms with van der Waals surface area (Å²) in [5, 5.41) is 5.59. The normalized spacial score (nSPS) is 13.7. The highest BCUT2D eigenvalue weighted by molar-refractivity contribution is 6.04. The summed E-state index contributed by atoms with van der Waals surface area (Å²) in [6.07, 6.45) is 0. The van der Waals surface area contributed by atoms with Gasteiger partial charge in [-0.2, -0.15) is 0 Å². The Morgan fingerprint density at radius 3 is 2.19 bits per heavy atom. The standard InChI is InChI=1S/C23H28N4O4/c1-17(28)20-5-3-4-6-21(20)25-23(30)16-26(2)15-22(29)24-18-7-9-19(10-8-18)27-11-13-31-14-12-27/h3-10H,11-16H2,1-2H3,(H,24,29)(H,25,30). The lowest BCUT2D eigenvalue weighted by Gasteiger charge is -2.28. The van der Waals surface area contributed by atoms with Crippen molar-refractivity contribution in [2.75, 3.05) is 62.0 Å². The summed E-state index contributed by atoms with van der Waals surface area (Å²) in [5.41, 5.74) is 2.73. The van der Waals surface area contributed by atoms with Crippen LogP contribution in [0.25, 0.3) is 0 Å². The number of anilines is 3. The Bertz CT molecular complexity index is 923. The molecule has 0 spiro atoms. The number of rotatable bonds is 8. The average Bonchev–Trinajstić information content (AvgIpc) is 2.74. The largest absolute Gasteiger partial charge is 0.378 e. The molecule has 1 fully saturated rings. The number of hydrogen-bond acceptors (Lipinski definition) is 6. The fourth-order valence-corrected chi connectivity index (χ4v) is 3.41. The van der Waals surface area contributed by atoms with Crippen LogP contribution in [0, 0.1) is 0 Å². The van der Waals surface area contributed by atoms with Gasteiger partial charge in [-0.1, -0.05) is 12.1 Å². The number of ether oxygens (including phenoxy) is 1. The summed E-state index contributed by atoms with van der Waals surface area (Å²) in [6, 6.07) is 14.5. The maximum absolute atomic E-state index is 12.3. The van der Waals surface area contributed by atoms with Crippen molar-refractivity contribution in [2.24, 2.45) is 0 Å². The number of morpholine rings is 1. The van der Waals surface area contributed by atoms with Crippen LogP contribution in [0.1, 0.15) is 17.3 Å². The molecule has 0 unspecified atom stereocenters. The number of likely N-dealkylation sites (N-methyl/N-ethyl adjacent to an activating group) is 1. The quantitative estimate of drug-likeness (QED) is 0.632. The molecule has 0 saturated carbocycles. The lowest BCUT2D eigenvalue weighted by Crippen LogP contribution is -2.36. The number of carbonyl (C=O) groups is 3. The first-order chi connectivity index (χ1) is 14.9. The Labute approximate surface area is 182 Å². The first-order valence-corrected chi connectivity index (χ1v) is 10.2. The molecular formula is C23H28N4O4. The van der Waals surface area contributed by atoms with E-state index in [-0.39, 0.29) is 30.7 Å². The van der Waals surface area contributed by atoms with Gasteiger partial charge in [-0.25, -0.2) is 0 Å². The van der Waals surface area contributed by atoms with Crippen LogP contribution in [0.2, 0.25) is 0 Å².